The van der Waals surface area contributed by atoms with Crippen molar-refractivity contribution in [2.45, 2.75) is 4.90 Å². The van der Waals surface area contributed by atoms with Gasteiger partial charge in [-0.2, -0.15) is 0 Å². The summed E-state index contributed by atoms with van der Waals surface area (Å²) in [7, 11) is -3.63. The smallest absolute Gasteiger partial charge is 0.263 e. The van der Waals surface area contributed by atoms with Gasteiger partial charge in [0, 0.05) is 23.0 Å². The van der Waals surface area contributed by atoms with Crippen LogP contribution in [-0.2, 0) is 14.8 Å². The molecule has 2 aromatic carbocycles. The van der Waals surface area contributed by atoms with Crippen LogP contribution in [0.4, 0.5) is 5.69 Å². The minimum atomic E-state index is -3.63. The average molecular weight is 416 g/mol. The predicted molar refractivity (Wildman–Crippen MR) is 113 cm³/mol. The van der Waals surface area contributed by atoms with Crippen LogP contribution in [0.2, 0.25) is 0 Å². The number of benzene rings is 2. The minimum Gasteiger partial charge on any atom is -0.324 e. The number of carbonyl (C=O) groups excluding carboxylic acids is 1. The van der Waals surface area contributed by atoms with E-state index < -0.39 is 10.0 Å². The van der Waals surface area contributed by atoms with Gasteiger partial charge < -0.3 is 5.32 Å². The number of aliphatic imine (C=N–C) groups is 1. The van der Waals surface area contributed by atoms with Gasteiger partial charge in [-0.15, -0.1) is 0 Å². The Balaban J connectivity index is 1.44. The Morgan fingerprint density at radius 3 is 2.70 bits per heavy atom. The summed E-state index contributed by atoms with van der Waals surface area (Å²) in [5.74, 6) is 5.75. The Labute approximate surface area is 174 Å². The highest BCUT2D eigenvalue weighted by atomic mass is 32.2. The number of anilines is 1. The first kappa shape index (κ1) is 19.4. The highest BCUT2D eigenvalue weighted by Gasteiger charge is 2.30. The lowest BCUT2D eigenvalue weighted by molar-refractivity contribution is -0.114. The van der Waals surface area contributed by atoms with Crippen molar-refractivity contribution in [1.29, 1.82) is 0 Å². The van der Waals surface area contributed by atoms with Gasteiger partial charge in [0.25, 0.3) is 10.0 Å². The molecule has 3 aromatic rings. The first-order chi connectivity index (χ1) is 14.5. The maximum atomic E-state index is 12.3. The molecule has 0 spiro atoms. The standard InChI is InChI=1S/C22H16N4O3S/c27-21(15-24-22-19-9-1-2-10-20(19)30(28,29)26-22)25-18-8-5-6-16(14-18)11-12-17-7-3-4-13-23-17/h1-10,13-14H,15H2,(H,24,26)(H,25,27). The predicted octanol–water partition coefficient (Wildman–Crippen LogP) is 2.16. The third-order valence-corrected chi connectivity index (χ3v) is 5.59. The summed E-state index contributed by atoms with van der Waals surface area (Å²) in [4.78, 5) is 20.7. The fourth-order valence-corrected chi connectivity index (χ4v) is 4.10. The Kier molecular flexibility index (Phi) is 5.28. The van der Waals surface area contributed by atoms with Gasteiger partial charge in [-0.3, -0.25) is 14.5 Å². The zero-order chi connectivity index (χ0) is 21.0. The summed E-state index contributed by atoms with van der Waals surface area (Å²) in [5, 5.41) is 2.74. The molecule has 2 N–H and O–H groups in total. The molecule has 0 saturated carbocycles. The molecule has 30 heavy (non-hydrogen) atoms. The molecule has 0 atom stereocenters. The Hall–Kier alpha value is -3.96. The van der Waals surface area contributed by atoms with E-state index in [4.69, 9.17) is 0 Å². The van der Waals surface area contributed by atoms with E-state index in [0.717, 1.165) is 5.56 Å². The van der Waals surface area contributed by atoms with Crippen LogP contribution < -0.4 is 10.0 Å². The topological polar surface area (TPSA) is 101 Å². The minimum absolute atomic E-state index is 0.156. The SMILES string of the molecule is O=C(CN=C1NS(=O)(=O)c2ccccc21)Nc1cccc(C#Cc2ccccn2)c1. The molecule has 4 rings (SSSR count). The van der Waals surface area contributed by atoms with E-state index in [1.807, 2.05) is 24.3 Å². The van der Waals surface area contributed by atoms with E-state index in [1.54, 1.807) is 42.6 Å². The molecule has 0 unspecified atom stereocenters. The molecule has 1 aliphatic heterocycles. The van der Waals surface area contributed by atoms with Crippen LogP contribution in [0.3, 0.4) is 0 Å². The van der Waals surface area contributed by atoms with Gasteiger partial charge in [0.2, 0.25) is 5.91 Å². The molecule has 1 aromatic heterocycles. The largest absolute Gasteiger partial charge is 0.324 e. The summed E-state index contributed by atoms with van der Waals surface area (Å²) in [6.07, 6.45) is 1.67. The number of nitrogens with one attached hydrogen (secondary N) is 2. The van der Waals surface area contributed by atoms with Gasteiger partial charge >= 0.3 is 0 Å². The molecule has 7 nitrogen and oxygen atoms in total. The maximum absolute atomic E-state index is 12.3. The number of fused-ring (bicyclic) bond motifs is 1. The zero-order valence-corrected chi connectivity index (χ0v) is 16.5. The molecule has 8 heteroatoms. The fourth-order valence-electron chi connectivity index (χ4n) is 2.85. The van der Waals surface area contributed by atoms with Crippen LogP contribution in [-0.4, -0.2) is 31.7 Å². The van der Waals surface area contributed by atoms with Crippen LogP contribution >= 0.6 is 0 Å². The number of hydrogen-bond acceptors (Lipinski definition) is 5. The van der Waals surface area contributed by atoms with Gasteiger partial charge in [-0.1, -0.05) is 30.2 Å². The molecule has 1 amide bonds. The normalized spacial score (nSPS) is 14.9. The van der Waals surface area contributed by atoms with Crippen LogP contribution in [0.1, 0.15) is 16.8 Å². The van der Waals surface area contributed by atoms with Crippen LogP contribution in [0.25, 0.3) is 0 Å². The van der Waals surface area contributed by atoms with E-state index >= 15 is 0 Å². The number of hydrogen-bond donors (Lipinski definition) is 2. The monoisotopic (exact) mass is 416 g/mol. The van der Waals surface area contributed by atoms with Crippen molar-refractivity contribution in [3.63, 3.8) is 0 Å². The van der Waals surface area contributed by atoms with Crippen LogP contribution in [0.15, 0.2) is 82.8 Å². The van der Waals surface area contributed by atoms with E-state index in [0.29, 0.717) is 16.9 Å². The van der Waals surface area contributed by atoms with E-state index in [9.17, 15) is 13.2 Å². The molecule has 0 saturated heterocycles. The summed E-state index contributed by atoms with van der Waals surface area (Å²) in [5.41, 5.74) is 2.40. The molecule has 0 aliphatic carbocycles. The number of aromatic nitrogens is 1. The lowest BCUT2D eigenvalue weighted by Crippen LogP contribution is -2.24. The third kappa shape index (κ3) is 4.37. The summed E-state index contributed by atoms with van der Waals surface area (Å²) in [6.45, 7) is -0.226. The van der Waals surface area contributed by atoms with Gasteiger partial charge in [0.15, 0.2) is 0 Å². The number of carbonyl (C=O) groups is 1. The van der Waals surface area contributed by atoms with Crippen molar-refractivity contribution in [1.82, 2.24) is 9.71 Å². The summed E-state index contributed by atoms with van der Waals surface area (Å²) < 4.78 is 26.6. The first-order valence-electron chi connectivity index (χ1n) is 9.01. The van der Waals surface area contributed by atoms with E-state index in [1.165, 1.54) is 6.07 Å². The van der Waals surface area contributed by atoms with Gasteiger partial charge in [0.05, 0.1) is 4.90 Å². The van der Waals surface area contributed by atoms with Gasteiger partial charge in [-0.25, -0.2) is 13.4 Å². The molecule has 1 aliphatic rings. The van der Waals surface area contributed by atoms with Crippen molar-refractivity contribution < 1.29 is 13.2 Å². The second-order valence-electron chi connectivity index (χ2n) is 6.36. The highest BCUT2D eigenvalue weighted by Crippen LogP contribution is 2.22. The van der Waals surface area contributed by atoms with Crippen molar-refractivity contribution in [3.8, 4) is 11.8 Å². The van der Waals surface area contributed by atoms with Crippen LogP contribution in [0.5, 0.6) is 0 Å². The first-order valence-corrected chi connectivity index (χ1v) is 10.5. The molecule has 0 radical (unpaired) electrons. The van der Waals surface area contributed by atoms with Gasteiger partial charge in [0.1, 0.15) is 18.1 Å². The van der Waals surface area contributed by atoms with E-state index in [2.05, 4.69) is 31.9 Å². The quantitative estimate of drug-likeness (QED) is 0.639. The Bertz CT molecular complexity index is 1310. The molecule has 148 valence electrons. The summed E-state index contributed by atoms with van der Waals surface area (Å²) in [6, 6.07) is 19.1. The lowest BCUT2D eigenvalue weighted by atomic mass is 10.2. The zero-order valence-electron chi connectivity index (χ0n) is 15.7. The van der Waals surface area contributed by atoms with Crippen molar-refractivity contribution in [2.24, 2.45) is 4.99 Å². The van der Waals surface area contributed by atoms with Crippen LogP contribution in [0, 0.1) is 11.8 Å². The van der Waals surface area contributed by atoms with Gasteiger partial charge in [-0.05, 0) is 48.4 Å². The second kappa shape index (κ2) is 8.19. The fraction of sp³-hybridized carbons (Fsp3) is 0.0455. The average Bonchev–Trinajstić information content (AvgIpc) is 3.02. The van der Waals surface area contributed by atoms with Crippen molar-refractivity contribution in [2.75, 3.05) is 11.9 Å². The van der Waals surface area contributed by atoms with Crippen molar-refractivity contribution in [3.05, 3.63) is 89.7 Å². The number of nitrogens with zero attached hydrogens (tertiary/aromatic N) is 2. The number of amidine groups is 1. The van der Waals surface area contributed by atoms with Crippen molar-refractivity contribution >= 4 is 27.5 Å². The molecule has 0 fully saturated rings. The number of rotatable bonds is 3. The summed E-state index contributed by atoms with van der Waals surface area (Å²) >= 11 is 0. The molecular weight excluding hydrogens is 400 g/mol. The third-order valence-electron chi connectivity index (χ3n) is 4.19. The molecule has 2 heterocycles. The number of pyridine rings is 1. The van der Waals surface area contributed by atoms with E-state index in [-0.39, 0.29) is 23.2 Å². The maximum Gasteiger partial charge on any atom is 0.263 e. The molecule has 0 bridgehead atoms. The Morgan fingerprint density at radius 2 is 1.87 bits per heavy atom. The lowest BCUT2D eigenvalue weighted by Gasteiger charge is -2.04. The Morgan fingerprint density at radius 1 is 1.03 bits per heavy atom. The number of amides is 1. The highest BCUT2D eigenvalue weighted by molar-refractivity contribution is 7.90. The number of sulfonamides is 1. The second-order valence-corrected chi connectivity index (χ2v) is 8.01. The molecular formula is C22H16N4O3S.